The third kappa shape index (κ3) is 5.40. The molecule has 9 heteroatoms. The van der Waals surface area contributed by atoms with Gasteiger partial charge in [-0.2, -0.15) is 0 Å². The molecule has 0 aliphatic carbocycles. The van der Waals surface area contributed by atoms with Crippen LogP contribution in [0.5, 0.6) is 0 Å². The van der Waals surface area contributed by atoms with Gasteiger partial charge in [-0.15, -0.1) is 22.7 Å². The Morgan fingerprint density at radius 3 is 2.57 bits per heavy atom. The molecule has 0 unspecified atom stereocenters. The van der Waals surface area contributed by atoms with Gasteiger partial charge >= 0.3 is 5.97 Å². The average molecular weight is 424 g/mol. The quantitative estimate of drug-likeness (QED) is 0.605. The van der Waals surface area contributed by atoms with Crippen LogP contribution < -0.4 is 10.6 Å². The minimum atomic E-state index is -0.548. The Hall–Kier alpha value is -2.23. The Morgan fingerprint density at radius 1 is 1.25 bits per heavy atom. The first-order chi connectivity index (χ1) is 13.4. The molecule has 0 spiro atoms. The zero-order chi connectivity index (χ0) is 20.7. The number of nitrogens with zero attached hydrogens (tertiary/aromatic N) is 1. The van der Waals surface area contributed by atoms with Crippen LogP contribution in [0.4, 0.5) is 5.00 Å². The Kier molecular flexibility index (Phi) is 8.16. The molecule has 0 saturated heterocycles. The zero-order valence-electron chi connectivity index (χ0n) is 16.5. The smallest absolute Gasteiger partial charge is 0.341 e. The molecule has 0 fully saturated rings. The fourth-order valence-corrected chi connectivity index (χ4v) is 4.56. The van der Waals surface area contributed by atoms with Gasteiger partial charge in [0.1, 0.15) is 5.00 Å². The average Bonchev–Trinajstić information content (AvgIpc) is 3.28. The maximum absolute atomic E-state index is 12.6. The van der Waals surface area contributed by atoms with Crippen LogP contribution in [-0.4, -0.2) is 49.4 Å². The van der Waals surface area contributed by atoms with Crippen molar-refractivity contribution in [3.8, 4) is 0 Å². The van der Waals surface area contributed by atoms with E-state index in [4.69, 9.17) is 4.74 Å². The van der Waals surface area contributed by atoms with E-state index >= 15 is 0 Å². The topological polar surface area (TPSA) is 87.7 Å². The molecule has 0 aliphatic rings. The lowest BCUT2D eigenvalue weighted by molar-refractivity contribution is -0.117. The summed E-state index contributed by atoms with van der Waals surface area (Å²) in [6.07, 6.45) is 0. The summed E-state index contributed by atoms with van der Waals surface area (Å²) in [5, 5.41) is 7.69. The van der Waals surface area contributed by atoms with E-state index < -0.39 is 5.97 Å². The third-order valence-corrected chi connectivity index (χ3v) is 6.15. The maximum Gasteiger partial charge on any atom is 0.341 e. The van der Waals surface area contributed by atoms with E-state index in [1.807, 2.05) is 29.3 Å². The van der Waals surface area contributed by atoms with Gasteiger partial charge in [-0.05, 0) is 37.4 Å². The van der Waals surface area contributed by atoms with E-state index in [-0.39, 0.29) is 30.5 Å². The van der Waals surface area contributed by atoms with Crippen molar-refractivity contribution in [2.24, 2.45) is 0 Å². The Labute approximate surface area is 172 Å². The number of amides is 2. The highest BCUT2D eigenvalue weighted by Gasteiger charge is 2.26. The maximum atomic E-state index is 12.6. The highest BCUT2D eigenvalue weighted by Crippen LogP contribution is 2.33. The molecule has 2 amide bonds. The lowest BCUT2D eigenvalue weighted by atomic mass is 10.1. The lowest BCUT2D eigenvalue weighted by Gasteiger charge is -2.19. The number of carbonyl (C=O) groups excluding carboxylic acids is 3. The molecule has 2 aromatic heterocycles. The van der Waals surface area contributed by atoms with Gasteiger partial charge in [0, 0.05) is 18.5 Å². The Morgan fingerprint density at radius 2 is 2.00 bits per heavy atom. The Balaban J connectivity index is 2.19. The molecule has 0 radical (unpaired) electrons. The summed E-state index contributed by atoms with van der Waals surface area (Å²) in [5.74, 6) is -1.09. The van der Waals surface area contributed by atoms with Crippen molar-refractivity contribution in [2.75, 3.05) is 32.1 Å². The highest BCUT2D eigenvalue weighted by molar-refractivity contribution is 7.18. The second-order valence-electron chi connectivity index (χ2n) is 5.99. The van der Waals surface area contributed by atoms with Crippen LogP contribution in [0.25, 0.3) is 0 Å². The molecule has 2 N–H and O–H groups in total. The normalized spacial score (nSPS) is 10.8. The van der Waals surface area contributed by atoms with Gasteiger partial charge < -0.3 is 15.4 Å². The molecule has 0 saturated carbocycles. The number of ether oxygens (including phenoxy) is 1. The van der Waals surface area contributed by atoms with Crippen molar-refractivity contribution in [1.82, 2.24) is 10.2 Å². The van der Waals surface area contributed by atoms with Crippen molar-refractivity contribution >= 4 is 45.5 Å². The van der Waals surface area contributed by atoms with E-state index in [2.05, 4.69) is 10.6 Å². The number of carbonyl (C=O) groups is 3. The summed E-state index contributed by atoms with van der Waals surface area (Å²) in [7, 11) is 1.52. The van der Waals surface area contributed by atoms with Crippen LogP contribution in [0.15, 0.2) is 17.5 Å². The first-order valence-corrected chi connectivity index (χ1v) is 10.7. The molecule has 2 heterocycles. The van der Waals surface area contributed by atoms with Crippen LogP contribution in [0.1, 0.15) is 44.3 Å². The van der Waals surface area contributed by atoms with Crippen molar-refractivity contribution < 1.29 is 19.1 Å². The summed E-state index contributed by atoms with van der Waals surface area (Å²) in [6, 6.07) is 4.01. The fraction of sp³-hybridized carbons (Fsp3) is 0.421. The summed E-state index contributed by atoms with van der Waals surface area (Å²) >= 11 is 2.72. The molecule has 2 rings (SSSR count). The minimum Gasteiger partial charge on any atom is -0.462 e. The summed E-state index contributed by atoms with van der Waals surface area (Å²) < 4.78 is 5.11. The molecule has 0 atom stereocenters. The van der Waals surface area contributed by atoms with E-state index in [9.17, 15) is 14.4 Å². The van der Waals surface area contributed by atoms with Gasteiger partial charge in [-0.25, -0.2) is 4.79 Å². The largest absolute Gasteiger partial charge is 0.462 e. The molecule has 0 aromatic carbocycles. The number of nitrogens with one attached hydrogen (secondary N) is 2. The van der Waals surface area contributed by atoms with Crippen molar-refractivity contribution in [3.63, 3.8) is 0 Å². The SMILES string of the molecule is CCOC(=O)c1c(NC(=O)CN(CC)Cc2cccs2)sc(C(=O)NC)c1C. The molecular weight excluding hydrogens is 398 g/mol. The summed E-state index contributed by atoms with van der Waals surface area (Å²) in [6.45, 7) is 7.16. The van der Waals surface area contributed by atoms with Crippen LogP contribution in [-0.2, 0) is 16.1 Å². The number of thiophene rings is 2. The molecule has 28 heavy (non-hydrogen) atoms. The predicted octanol–water partition coefficient (Wildman–Crippen LogP) is 3.11. The minimum absolute atomic E-state index is 0.183. The molecule has 7 nitrogen and oxygen atoms in total. The molecule has 2 aromatic rings. The van der Waals surface area contributed by atoms with Gasteiger partial charge in [-0.3, -0.25) is 14.5 Å². The van der Waals surface area contributed by atoms with Crippen LogP contribution >= 0.6 is 22.7 Å². The molecule has 0 aliphatic heterocycles. The third-order valence-electron chi connectivity index (χ3n) is 4.09. The van der Waals surface area contributed by atoms with E-state index in [1.165, 1.54) is 11.9 Å². The fourth-order valence-electron chi connectivity index (χ4n) is 2.65. The number of hydrogen-bond acceptors (Lipinski definition) is 7. The van der Waals surface area contributed by atoms with Crippen molar-refractivity contribution in [3.05, 3.63) is 38.4 Å². The number of likely N-dealkylation sites (N-methyl/N-ethyl adjacent to an activating group) is 1. The standard InChI is InChI=1S/C19H25N3O4S2/c1-5-22(10-13-8-7-9-27-13)11-14(23)21-18-15(19(25)26-6-2)12(3)16(28-18)17(24)20-4/h7-9H,5-6,10-11H2,1-4H3,(H,20,24)(H,21,23). The zero-order valence-corrected chi connectivity index (χ0v) is 18.1. The van der Waals surface area contributed by atoms with Gasteiger partial charge in [-0.1, -0.05) is 13.0 Å². The van der Waals surface area contributed by atoms with Crippen LogP contribution in [0.3, 0.4) is 0 Å². The van der Waals surface area contributed by atoms with Crippen molar-refractivity contribution in [1.29, 1.82) is 0 Å². The highest BCUT2D eigenvalue weighted by atomic mass is 32.1. The van der Waals surface area contributed by atoms with Gasteiger partial charge in [0.2, 0.25) is 5.91 Å². The Bertz CT molecular complexity index is 831. The number of esters is 1. The van der Waals surface area contributed by atoms with Gasteiger partial charge in [0.15, 0.2) is 0 Å². The first kappa shape index (κ1) is 22.1. The predicted molar refractivity (Wildman–Crippen MR) is 112 cm³/mol. The molecule has 0 bridgehead atoms. The van der Waals surface area contributed by atoms with E-state index in [0.29, 0.717) is 28.5 Å². The second kappa shape index (κ2) is 10.4. The molecular formula is C19H25N3O4S2. The summed E-state index contributed by atoms with van der Waals surface area (Å²) in [5.41, 5.74) is 0.740. The lowest BCUT2D eigenvalue weighted by Crippen LogP contribution is -2.32. The number of anilines is 1. The van der Waals surface area contributed by atoms with Crippen molar-refractivity contribution in [2.45, 2.75) is 27.3 Å². The van der Waals surface area contributed by atoms with E-state index in [1.54, 1.807) is 25.2 Å². The monoisotopic (exact) mass is 423 g/mol. The first-order valence-electron chi connectivity index (χ1n) is 8.98. The van der Waals surface area contributed by atoms with E-state index in [0.717, 1.165) is 11.3 Å². The number of hydrogen-bond donors (Lipinski definition) is 2. The van der Waals surface area contributed by atoms with Gasteiger partial charge in [0.05, 0.1) is 23.6 Å². The number of rotatable bonds is 9. The summed E-state index contributed by atoms with van der Waals surface area (Å²) in [4.78, 5) is 40.6. The van der Waals surface area contributed by atoms with Crippen LogP contribution in [0.2, 0.25) is 0 Å². The van der Waals surface area contributed by atoms with Gasteiger partial charge in [0.25, 0.3) is 5.91 Å². The van der Waals surface area contributed by atoms with Crippen LogP contribution in [0, 0.1) is 6.92 Å². The molecule has 152 valence electrons. The second-order valence-corrected chi connectivity index (χ2v) is 8.04.